The van der Waals surface area contributed by atoms with Gasteiger partial charge in [-0.1, -0.05) is 19.4 Å². The summed E-state index contributed by atoms with van der Waals surface area (Å²) in [6.45, 7) is 4.56. The molecule has 0 saturated carbocycles. The van der Waals surface area contributed by atoms with Gasteiger partial charge in [0.05, 0.1) is 18.9 Å². The van der Waals surface area contributed by atoms with Gasteiger partial charge in [-0.25, -0.2) is 0 Å². The first-order valence-electron chi connectivity index (χ1n) is 6.18. The fraction of sp³-hybridized carbons (Fsp3) is 0.615. The van der Waals surface area contributed by atoms with Gasteiger partial charge < -0.3 is 15.2 Å². The third kappa shape index (κ3) is 5.77. The van der Waals surface area contributed by atoms with Crippen molar-refractivity contribution < 1.29 is 9.47 Å². The lowest BCUT2D eigenvalue weighted by atomic mass is 10.2. The summed E-state index contributed by atoms with van der Waals surface area (Å²) in [5, 5.41) is 0. The first-order valence-corrected chi connectivity index (χ1v) is 6.18. The smallest absolute Gasteiger partial charge is 0.112 e. The largest absolute Gasteiger partial charge is 0.379 e. The second-order valence-electron chi connectivity index (χ2n) is 3.82. The summed E-state index contributed by atoms with van der Waals surface area (Å²) < 4.78 is 11.1. The van der Waals surface area contributed by atoms with Crippen molar-refractivity contribution in [2.45, 2.75) is 25.9 Å². The fourth-order valence-electron chi connectivity index (χ4n) is 1.44. The Balaban J connectivity index is 2.20. The number of hydrogen-bond donors (Lipinski definition) is 1. The Bertz CT molecular complexity index is 280. The number of ether oxygens (including phenoxy) is 2. The summed E-state index contributed by atoms with van der Waals surface area (Å²) in [7, 11) is 0. The topological polar surface area (TPSA) is 57.4 Å². The molecule has 96 valence electrons. The van der Waals surface area contributed by atoms with Gasteiger partial charge in [-0.05, 0) is 18.6 Å². The zero-order chi connectivity index (χ0) is 12.3. The van der Waals surface area contributed by atoms with Gasteiger partial charge in [0.1, 0.15) is 6.10 Å². The molecule has 0 aliphatic carbocycles. The molecule has 1 aromatic heterocycles. The predicted molar refractivity (Wildman–Crippen MR) is 67.7 cm³/mol. The Labute approximate surface area is 103 Å². The summed E-state index contributed by atoms with van der Waals surface area (Å²) in [4.78, 5) is 4.23. The van der Waals surface area contributed by atoms with E-state index in [1.54, 1.807) is 6.20 Å². The van der Waals surface area contributed by atoms with Gasteiger partial charge in [0, 0.05) is 19.3 Å². The fourth-order valence-corrected chi connectivity index (χ4v) is 1.44. The van der Waals surface area contributed by atoms with Crippen LogP contribution in [0, 0.1) is 0 Å². The van der Waals surface area contributed by atoms with E-state index in [0.29, 0.717) is 19.8 Å². The maximum absolute atomic E-state index is 5.66. The molecule has 4 heteroatoms. The van der Waals surface area contributed by atoms with Crippen molar-refractivity contribution in [2.24, 2.45) is 5.73 Å². The summed E-state index contributed by atoms with van der Waals surface area (Å²) in [5.41, 5.74) is 6.54. The SMILES string of the molecule is CCCCOCCOC(CN)c1ccccn1. The second kappa shape index (κ2) is 9.10. The van der Waals surface area contributed by atoms with Crippen molar-refractivity contribution in [3.63, 3.8) is 0 Å². The van der Waals surface area contributed by atoms with Gasteiger partial charge in [0.2, 0.25) is 0 Å². The van der Waals surface area contributed by atoms with E-state index in [2.05, 4.69) is 11.9 Å². The Kier molecular flexibility index (Phi) is 7.54. The minimum atomic E-state index is -0.133. The van der Waals surface area contributed by atoms with Crippen LogP contribution >= 0.6 is 0 Å². The van der Waals surface area contributed by atoms with Crippen LogP contribution in [-0.4, -0.2) is 31.3 Å². The summed E-state index contributed by atoms with van der Waals surface area (Å²) in [5.74, 6) is 0. The monoisotopic (exact) mass is 238 g/mol. The molecule has 0 saturated heterocycles. The standard InChI is InChI=1S/C13H22N2O2/c1-2-3-8-16-9-10-17-13(11-14)12-6-4-5-7-15-12/h4-7,13H,2-3,8-11,14H2,1H3. The second-order valence-corrected chi connectivity index (χ2v) is 3.82. The molecule has 1 unspecified atom stereocenters. The maximum atomic E-state index is 5.66. The number of nitrogens with zero attached hydrogens (tertiary/aromatic N) is 1. The molecular weight excluding hydrogens is 216 g/mol. The molecule has 0 amide bonds. The zero-order valence-corrected chi connectivity index (χ0v) is 10.5. The van der Waals surface area contributed by atoms with Crippen molar-refractivity contribution >= 4 is 0 Å². The molecule has 0 bridgehead atoms. The summed E-state index contributed by atoms with van der Waals surface area (Å²) in [6.07, 6.45) is 3.87. The molecule has 0 spiro atoms. The van der Waals surface area contributed by atoms with Crippen LogP contribution in [0.15, 0.2) is 24.4 Å². The third-order valence-corrected chi connectivity index (χ3v) is 2.42. The van der Waals surface area contributed by atoms with E-state index >= 15 is 0 Å². The molecule has 0 aromatic carbocycles. The Morgan fingerprint density at radius 3 is 2.82 bits per heavy atom. The molecule has 0 fully saturated rings. The van der Waals surface area contributed by atoms with E-state index in [4.69, 9.17) is 15.2 Å². The maximum Gasteiger partial charge on any atom is 0.112 e. The minimum absolute atomic E-state index is 0.133. The normalized spacial score (nSPS) is 12.6. The van der Waals surface area contributed by atoms with Crippen LogP contribution in [0.4, 0.5) is 0 Å². The van der Waals surface area contributed by atoms with Crippen molar-refractivity contribution in [3.8, 4) is 0 Å². The summed E-state index contributed by atoms with van der Waals surface area (Å²) >= 11 is 0. The molecule has 17 heavy (non-hydrogen) atoms. The van der Waals surface area contributed by atoms with E-state index < -0.39 is 0 Å². The van der Waals surface area contributed by atoms with Crippen LogP contribution in [0.25, 0.3) is 0 Å². The van der Waals surface area contributed by atoms with Crippen molar-refractivity contribution in [1.29, 1.82) is 0 Å². The molecule has 4 nitrogen and oxygen atoms in total. The van der Waals surface area contributed by atoms with Crippen LogP contribution < -0.4 is 5.73 Å². The van der Waals surface area contributed by atoms with E-state index in [-0.39, 0.29) is 6.10 Å². The van der Waals surface area contributed by atoms with Crippen LogP contribution in [0.2, 0.25) is 0 Å². The minimum Gasteiger partial charge on any atom is -0.379 e. The molecule has 1 aromatic rings. The quantitative estimate of drug-likeness (QED) is 0.668. The van der Waals surface area contributed by atoms with Crippen LogP contribution in [0.3, 0.4) is 0 Å². The zero-order valence-electron chi connectivity index (χ0n) is 10.5. The Hall–Kier alpha value is -0.970. The van der Waals surface area contributed by atoms with Gasteiger partial charge in [0.25, 0.3) is 0 Å². The molecule has 0 aliphatic heterocycles. The van der Waals surface area contributed by atoms with Crippen molar-refractivity contribution in [1.82, 2.24) is 4.98 Å². The average molecular weight is 238 g/mol. The predicted octanol–water partition coefficient (Wildman–Crippen LogP) is 1.91. The lowest BCUT2D eigenvalue weighted by molar-refractivity contribution is 0.00530. The molecule has 0 aliphatic rings. The summed E-state index contributed by atoms with van der Waals surface area (Å²) in [6, 6.07) is 5.74. The lowest BCUT2D eigenvalue weighted by Gasteiger charge is -2.15. The molecule has 0 radical (unpaired) electrons. The Morgan fingerprint density at radius 1 is 1.29 bits per heavy atom. The van der Waals surface area contributed by atoms with Crippen LogP contribution in [0.5, 0.6) is 0 Å². The van der Waals surface area contributed by atoms with E-state index in [1.807, 2.05) is 18.2 Å². The molecule has 1 heterocycles. The highest BCUT2D eigenvalue weighted by Gasteiger charge is 2.10. The van der Waals surface area contributed by atoms with E-state index in [1.165, 1.54) is 0 Å². The molecule has 1 rings (SSSR count). The highest BCUT2D eigenvalue weighted by atomic mass is 16.5. The number of pyridine rings is 1. The molecule has 2 N–H and O–H groups in total. The number of hydrogen-bond acceptors (Lipinski definition) is 4. The number of rotatable bonds is 9. The third-order valence-electron chi connectivity index (χ3n) is 2.42. The first-order chi connectivity index (χ1) is 8.38. The average Bonchev–Trinajstić information content (AvgIpc) is 2.39. The number of aromatic nitrogens is 1. The molecular formula is C13H22N2O2. The Morgan fingerprint density at radius 2 is 2.18 bits per heavy atom. The lowest BCUT2D eigenvalue weighted by Crippen LogP contribution is -2.19. The van der Waals surface area contributed by atoms with Crippen molar-refractivity contribution in [2.75, 3.05) is 26.4 Å². The first kappa shape index (κ1) is 14.1. The number of unbranched alkanes of at least 4 members (excludes halogenated alkanes) is 1. The highest BCUT2D eigenvalue weighted by molar-refractivity contribution is 5.07. The van der Waals surface area contributed by atoms with E-state index in [0.717, 1.165) is 25.1 Å². The van der Waals surface area contributed by atoms with Gasteiger partial charge in [-0.15, -0.1) is 0 Å². The van der Waals surface area contributed by atoms with Crippen LogP contribution in [-0.2, 0) is 9.47 Å². The van der Waals surface area contributed by atoms with Gasteiger partial charge >= 0.3 is 0 Å². The van der Waals surface area contributed by atoms with Gasteiger partial charge in [-0.2, -0.15) is 0 Å². The highest BCUT2D eigenvalue weighted by Crippen LogP contribution is 2.12. The van der Waals surface area contributed by atoms with Gasteiger partial charge in [0.15, 0.2) is 0 Å². The molecule has 1 atom stereocenters. The van der Waals surface area contributed by atoms with Crippen LogP contribution in [0.1, 0.15) is 31.6 Å². The van der Waals surface area contributed by atoms with Gasteiger partial charge in [-0.3, -0.25) is 4.98 Å². The van der Waals surface area contributed by atoms with Crippen molar-refractivity contribution in [3.05, 3.63) is 30.1 Å². The van der Waals surface area contributed by atoms with E-state index in [9.17, 15) is 0 Å². The number of nitrogens with two attached hydrogens (primary N) is 1.